The van der Waals surface area contributed by atoms with E-state index in [1.54, 1.807) is 18.2 Å². The number of rotatable bonds is 9. The van der Waals surface area contributed by atoms with Crippen molar-refractivity contribution in [3.8, 4) is 5.75 Å². The highest BCUT2D eigenvalue weighted by atomic mass is 16.3. The van der Waals surface area contributed by atoms with Gasteiger partial charge in [0.2, 0.25) is 0 Å². The van der Waals surface area contributed by atoms with Crippen molar-refractivity contribution in [2.45, 2.75) is 65.2 Å². The van der Waals surface area contributed by atoms with Crippen molar-refractivity contribution in [2.75, 3.05) is 0 Å². The molecule has 0 radical (unpaired) electrons. The third-order valence-corrected chi connectivity index (χ3v) is 3.53. The molecule has 1 N–H and O–H groups in total. The second-order valence-corrected chi connectivity index (χ2v) is 5.30. The maximum atomic E-state index is 12.0. The maximum Gasteiger partial charge on any atom is 0.162 e. The molecule has 1 aromatic rings. The van der Waals surface area contributed by atoms with Crippen LogP contribution < -0.4 is 0 Å². The number of benzene rings is 1. The topological polar surface area (TPSA) is 37.3 Å². The predicted octanol–water partition coefficient (Wildman–Crippen LogP) is 5.02. The molecule has 2 nitrogen and oxygen atoms in total. The lowest BCUT2D eigenvalue weighted by Gasteiger charge is -2.04. The second kappa shape index (κ2) is 8.73. The number of hydrogen-bond acceptors (Lipinski definition) is 2. The van der Waals surface area contributed by atoms with Crippen LogP contribution in [-0.4, -0.2) is 10.9 Å². The van der Waals surface area contributed by atoms with Crippen LogP contribution in [-0.2, 0) is 0 Å². The van der Waals surface area contributed by atoms with Crippen molar-refractivity contribution in [3.63, 3.8) is 0 Å². The molecule has 0 spiro atoms. The van der Waals surface area contributed by atoms with E-state index in [9.17, 15) is 9.90 Å². The van der Waals surface area contributed by atoms with E-state index in [0.29, 0.717) is 6.42 Å². The first-order chi connectivity index (χ1) is 9.15. The van der Waals surface area contributed by atoms with E-state index in [4.69, 9.17) is 0 Å². The molecule has 106 valence electrons. The molecule has 0 amide bonds. The number of hydrogen-bond donors (Lipinski definition) is 1. The standard InChI is InChI=1S/C17H26O2/c1-3-4-5-6-7-8-9-10-17(19)15-11-12-16(18)14(2)13-15/h11-13,18H,3-10H2,1-2H3. The number of phenolic OH excluding ortho intramolecular Hbond substituents is 1. The van der Waals surface area contributed by atoms with E-state index in [1.165, 1.54) is 32.1 Å². The summed E-state index contributed by atoms with van der Waals surface area (Å²) in [7, 11) is 0. The summed E-state index contributed by atoms with van der Waals surface area (Å²) < 4.78 is 0. The number of aromatic hydroxyl groups is 1. The summed E-state index contributed by atoms with van der Waals surface area (Å²) in [6.45, 7) is 4.04. The minimum absolute atomic E-state index is 0.191. The molecule has 0 heterocycles. The average molecular weight is 262 g/mol. The molecule has 0 saturated carbocycles. The van der Waals surface area contributed by atoms with Crippen LogP contribution in [0.2, 0.25) is 0 Å². The molecule has 2 heteroatoms. The van der Waals surface area contributed by atoms with Gasteiger partial charge in [-0.2, -0.15) is 0 Å². The van der Waals surface area contributed by atoms with Crippen LogP contribution in [0, 0.1) is 6.92 Å². The molecule has 0 aliphatic carbocycles. The van der Waals surface area contributed by atoms with E-state index >= 15 is 0 Å². The van der Waals surface area contributed by atoms with Gasteiger partial charge in [-0.3, -0.25) is 4.79 Å². The Morgan fingerprint density at radius 1 is 1.05 bits per heavy atom. The zero-order chi connectivity index (χ0) is 14.1. The Kier molecular flexibility index (Phi) is 7.24. The first-order valence-electron chi connectivity index (χ1n) is 7.48. The minimum Gasteiger partial charge on any atom is -0.508 e. The van der Waals surface area contributed by atoms with Crippen molar-refractivity contribution in [1.82, 2.24) is 0 Å². The highest BCUT2D eigenvalue weighted by Gasteiger charge is 2.07. The molecule has 0 saturated heterocycles. The van der Waals surface area contributed by atoms with Crippen LogP contribution in [0.1, 0.15) is 74.2 Å². The van der Waals surface area contributed by atoms with Crippen LogP contribution in [0.3, 0.4) is 0 Å². The quantitative estimate of drug-likeness (QED) is 0.501. The zero-order valence-electron chi connectivity index (χ0n) is 12.2. The van der Waals surface area contributed by atoms with Crippen LogP contribution in [0.15, 0.2) is 18.2 Å². The summed E-state index contributed by atoms with van der Waals surface area (Å²) in [6.07, 6.45) is 9.20. The van der Waals surface area contributed by atoms with Gasteiger partial charge in [0.15, 0.2) is 5.78 Å². The molecule has 0 atom stereocenters. The van der Waals surface area contributed by atoms with E-state index < -0.39 is 0 Å². The van der Waals surface area contributed by atoms with Crippen molar-refractivity contribution in [2.24, 2.45) is 0 Å². The first-order valence-corrected chi connectivity index (χ1v) is 7.48. The fourth-order valence-corrected chi connectivity index (χ4v) is 2.22. The van der Waals surface area contributed by atoms with Crippen LogP contribution >= 0.6 is 0 Å². The highest BCUT2D eigenvalue weighted by Crippen LogP contribution is 2.19. The van der Waals surface area contributed by atoms with Gasteiger partial charge in [-0.15, -0.1) is 0 Å². The molecule has 1 aromatic carbocycles. The smallest absolute Gasteiger partial charge is 0.162 e. The van der Waals surface area contributed by atoms with Gasteiger partial charge in [0, 0.05) is 12.0 Å². The first kappa shape index (κ1) is 15.7. The van der Waals surface area contributed by atoms with E-state index in [2.05, 4.69) is 6.92 Å². The number of carbonyl (C=O) groups is 1. The number of aryl methyl sites for hydroxylation is 1. The summed E-state index contributed by atoms with van der Waals surface area (Å²) in [5, 5.41) is 9.43. The molecule has 0 unspecified atom stereocenters. The van der Waals surface area contributed by atoms with Gasteiger partial charge in [-0.25, -0.2) is 0 Å². The van der Waals surface area contributed by atoms with Crippen molar-refractivity contribution < 1.29 is 9.90 Å². The van der Waals surface area contributed by atoms with Crippen LogP contribution in [0.25, 0.3) is 0 Å². The number of phenols is 1. The van der Waals surface area contributed by atoms with Crippen molar-refractivity contribution >= 4 is 5.78 Å². The Bertz CT molecular complexity index is 396. The molecule has 0 aromatic heterocycles. The lowest BCUT2D eigenvalue weighted by Crippen LogP contribution is -1.99. The van der Waals surface area contributed by atoms with Crippen molar-refractivity contribution in [1.29, 1.82) is 0 Å². The van der Waals surface area contributed by atoms with E-state index in [0.717, 1.165) is 24.0 Å². The number of carbonyl (C=O) groups excluding carboxylic acids is 1. The molecule has 0 bridgehead atoms. The number of unbranched alkanes of at least 4 members (excludes halogenated alkanes) is 6. The maximum absolute atomic E-state index is 12.0. The Hall–Kier alpha value is -1.31. The summed E-state index contributed by atoms with van der Waals surface area (Å²) >= 11 is 0. The third-order valence-electron chi connectivity index (χ3n) is 3.53. The zero-order valence-corrected chi connectivity index (χ0v) is 12.2. The third kappa shape index (κ3) is 5.91. The highest BCUT2D eigenvalue weighted by molar-refractivity contribution is 5.96. The lowest BCUT2D eigenvalue weighted by molar-refractivity contribution is 0.0979. The predicted molar refractivity (Wildman–Crippen MR) is 79.8 cm³/mol. The summed E-state index contributed by atoms with van der Waals surface area (Å²) in [4.78, 5) is 12.0. The van der Waals surface area contributed by atoms with Gasteiger partial charge >= 0.3 is 0 Å². The molecule has 19 heavy (non-hydrogen) atoms. The van der Waals surface area contributed by atoms with Gasteiger partial charge in [0.1, 0.15) is 5.75 Å². The fourth-order valence-electron chi connectivity index (χ4n) is 2.22. The largest absolute Gasteiger partial charge is 0.508 e. The van der Waals surface area contributed by atoms with Crippen LogP contribution in [0.5, 0.6) is 5.75 Å². The van der Waals surface area contributed by atoms with Gasteiger partial charge in [-0.05, 0) is 37.1 Å². The Labute approximate surface area is 116 Å². The number of Topliss-reactive ketones (excluding diaryl/α,β-unsaturated/α-hetero) is 1. The minimum atomic E-state index is 0.191. The van der Waals surface area contributed by atoms with Gasteiger partial charge in [0.25, 0.3) is 0 Å². The van der Waals surface area contributed by atoms with E-state index in [1.807, 2.05) is 6.92 Å². The molecule has 0 fully saturated rings. The van der Waals surface area contributed by atoms with Crippen LogP contribution in [0.4, 0.5) is 0 Å². The lowest BCUT2D eigenvalue weighted by atomic mass is 10.0. The molecular weight excluding hydrogens is 236 g/mol. The Morgan fingerprint density at radius 3 is 2.32 bits per heavy atom. The molecule has 0 aliphatic heterocycles. The summed E-state index contributed by atoms with van der Waals surface area (Å²) in [5.41, 5.74) is 1.49. The average Bonchev–Trinajstić information content (AvgIpc) is 2.40. The Morgan fingerprint density at radius 2 is 1.68 bits per heavy atom. The normalized spacial score (nSPS) is 10.6. The van der Waals surface area contributed by atoms with Gasteiger partial charge < -0.3 is 5.11 Å². The monoisotopic (exact) mass is 262 g/mol. The summed E-state index contributed by atoms with van der Waals surface area (Å²) in [5.74, 6) is 0.448. The Balaban J connectivity index is 2.22. The second-order valence-electron chi connectivity index (χ2n) is 5.30. The van der Waals surface area contributed by atoms with Gasteiger partial charge in [0.05, 0.1) is 0 Å². The van der Waals surface area contributed by atoms with Gasteiger partial charge in [-0.1, -0.05) is 45.4 Å². The SMILES string of the molecule is CCCCCCCCCC(=O)c1ccc(O)c(C)c1. The van der Waals surface area contributed by atoms with Crippen molar-refractivity contribution in [3.05, 3.63) is 29.3 Å². The molecular formula is C17H26O2. The molecule has 0 aliphatic rings. The number of ketones is 1. The molecule has 1 rings (SSSR count). The fraction of sp³-hybridized carbons (Fsp3) is 0.588. The van der Waals surface area contributed by atoms with E-state index in [-0.39, 0.29) is 11.5 Å². The summed E-state index contributed by atoms with van der Waals surface area (Å²) in [6, 6.07) is 5.10.